The van der Waals surface area contributed by atoms with E-state index in [1.54, 1.807) is 0 Å². The van der Waals surface area contributed by atoms with Crippen LogP contribution in [-0.4, -0.2) is 36.2 Å². The van der Waals surface area contributed by atoms with Crippen molar-refractivity contribution in [3.05, 3.63) is 0 Å². The van der Waals surface area contributed by atoms with E-state index in [2.05, 4.69) is 11.6 Å². The minimum Gasteiger partial charge on any atom is -0.466 e. The highest BCUT2D eigenvalue weighted by atomic mass is 32.2. The smallest absolute Gasteiger partial charge is 0.308 e. The first-order valence-corrected chi connectivity index (χ1v) is 9.48. The number of hydrogen-bond donors (Lipinski definition) is 1. The van der Waals surface area contributed by atoms with Crippen molar-refractivity contribution in [1.82, 2.24) is 5.32 Å². The molecule has 116 valence electrons. The fourth-order valence-corrected chi connectivity index (χ4v) is 4.63. The van der Waals surface area contributed by atoms with Crippen LogP contribution >= 0.6 is 11.8 Å². The summed E-state index contributed by atoms with van der Waals surface area (Å²) < 4.78 is 5.19. The van der Waals surface area contributed by atoms with Crippen molar-refractivity contribution in [3.8, 4) is 0 Å². The molecule has 2 aliphatic carbocycles. The van der Waals surface area contributed by atoms with Gasteiger partial charge in [0.2, 0.25) is 0 Å². The minimum atomic E-state index is 0.0176. The monoisotopic (exact) mass is 299 g/mol. The summed E-state index contributed by atoms with van der Waals surface area (Å²) in [6.45, 7) is 2.39. The summed E-state index contributed by atoms with van der Waals surface area (Å²) in [6.07, 6.45) is 11.9. The Morgan fingerprint density at radius 1 is 1.20 bits per heavy atom. The van der Waals surface area contributed by atoms with Gasteiger partial charge in [-0.25, -0.2) is 0 Å². The molecular weight excluding hydrogens is 270 g/mol. The number of hydrogen-bond acceptors (Lipinski definition) is 4. The van der Waals surface area contributed by atoms with E-state index in [9.17, 15) is 4.79 Å². The molecule has 4 unspecified atom stereocenters. The first kappa shape index (κ1) is 16.2. The summed E-state index contributed by atoms with van der Waals surface area (Å²) in [5.41, 5.74) is 0. The van der Waals surface area contributed by atoms with Crippen LogP contribution in [0, 0.1) is 5.92 Å². The van der Waals surface area contributed by atoms with Gasteiger partial charge in [0.25, 0.3) is 0 Å². The normalized spacial score (nSPS) is 34.7. The number of nitrogens with one attached hydrogen (secondary N) is 1. The first-order valence-electron chi connectivity index (χ1n) is 8.20. The topological polar surface area (TPSA) is 38.3 Å². The van der Waals surface area contributed by atoms with Crippen LogP contribution < -0.4 is 5.32 Å². The maximum Gasteiger partial charge on any atom is 0.308 e. The molecule has 20 heavy (non-hydrogen) atoms. The van der Waals surface area contributed by atoms with E-state index in [1.165, 1.54) is 32.1 Å². The number of carbonyl (C=O) groups excluding carboxylic acids is 1. The van der Waals surface area contributed by atoms with E-state index in [1.807, 2.05) is 18.7 Å². The zero-order valence-corrected chi connectivity index (χ0v) is 13.7. The first-order chi connectivity index (χ1) is 9.74. The maximum atomic E-state index is 11.9. The van der Waals surface area contributed by atoms with Crippen LogP contribution in [0.15, 0.2) is 0 Å². The van der Waals surface area contributed by atoms with Gasteiger partial charge < -0.3 is 10.1 Å². The predicted octanol–water partition coefficient (Wildman–Crippen LogP) is 3.37. The van der Waals surface area contributed by atoms with Crippen LogP contribution in [0.2, 0.25) is 0 Å². The summed E-state index contributed by atoms with van der Waals surface area (Å²) in [7, 11) is 0. The van der Waals surface area contributed by atoms with E-state index in [0.717, 1.165) is 24.5 Å². The Hall–Kier alpha value is -0.220. The highest BCUT2D eigenvalue weighted by Gasteiger charge is 2.31. The average molecular weight is 299 g/mol. The van der Waals surface area contributed by atoms with Crippen molar-refractivity contribution < 1.29 is 9.53 Å². The lowest BCUT2D eigenvalue weighted by Crippen LogP contribution is -2.48. The van der Waals surface area contributed by atoms with Crippen LogP contribution in [0.1, 0.15) is 58.3 Å². The number of thioether (sulfide) groups is 1. The van der Waals surface area contributed by atoms with E-state index >= 15 is 0 Å². The lowest BCUT2D eigenvalue weighted by molar-refractivity contribution is -0.149. The minimum absolute atomic E-state index is 0.0176. The van der Waals surface area contributed by atoms with Crippen molar-refractivity contribution in [1.29, 1.82) is 0 Å². The number of ether oxygens (including phenoxy) is 1. The second kappa shape index (κ2) is 8.28. The molecule has 0 aliphatic heterocycles. The molecule has 2 saturated carbocycles. The van der Waals surface area contributed by atoms with Crippen molar-refractivity contribution >= 4 is 17.7 Å². The maximum absolute atomic E-state index is 11.9. The molecule has 0 saturated heterocycles. The molecular formula is C16H29NO2S. The van der Waals surface area contributed by atoms with Gasteiger partial charge in [-0.3, -0.25) is 4.79 Å². The fourth-order valence-electron chi connectivity index (χ4n) is 3.69. The van der Waals surface area contributed by atoms with Gasteiger partial charge in [0.05, 0.1) is 12.5 Å². The van der Waals surface area contributed by atoms with Crippen LogP contribution in [0.5, 0.6) is 0 Å². The molecule has 3 nitrogen and oxygen atoms in total. The van der Waals surface area contributed by atoms with E-state index < -0.39 is 0 Å². The van der Waals surface area contributed by atoms with Gasteiger partial charge in [-0.1, -0.05) is 19.3 Å². The van der Waals surface area contributed by atoms with E-state index in [4.69, 9.17) is 4.74 Å². The molecule has 4 atom stereocenters. The van der Waals surface area contributed by atoms with Crippen LogP contribution in [0.3, 0.4) is 0 Å². The molecule has 0 bridgehead atoms. The largest absolute Gasteiger partial charge is 0.466 e. The Morgan fingerprint density at radius 2 is 2.00 bits per heavy atom. The molecule has 0 amide bonds. The Balaban J connectivity index is 1.84. The second-order valence-electron chi connectivity index (χ2n) is 6.14. The summed E-state index contributed by atoms with van der Waals surface area (Å²) >= 11 is 2.00. The highest BCUT2D eigenvalue weighted by Crippen LogP contribution is 2.30. The third-order valence-electron chi connectivity index (χ3n) is 4.75. The molecule has 0 spiro atoms. The third kappa shape index (κ3) is 4.39. The Bertz CT molecular complexity index is 311. The van der Waals surface area contributed by atoms with Gasteiger partial charge in [-0.2, -0.15) is 11.8 Å². The van der Waals surface area contributed by atoms with Crippen LogP contribution in [-0.2, 0) is 9.53 Å². The molecule has 0 aromatic carbocycles. The molecule has 1 N–H and O–H groups in total. The Kier molecular flexibility index (Phi) is 6.69. The molecule has 2 rings (SSSR count). The Labute approximate surface area is 127 Å². The van der Waals surface area contributed by atoms with Crippen molar-refractivity contribution in [3.63, 3.8) is 0 Å². The SMILES string of the molecule is CCOC(=O)C1CCCC(NC2CCCCC2SC)C1. The molecule has 2 aliphatic rings. The number of esters is 1. The average Bonchev–Trinajstić information content (AvgIpc) is 2.48. The van der Waals surface area contributed by atoms with Gasteiger partial charge in [0.15, 0.2) is 0 Å². The molecule has 2 fully saturated rings. The Morgan fingerprint density at radius 3 is 2.75 bits per heavy atom. The molecule has 0 heterocycles. The van der Waals surface area contributed by atoms with Crippen LogP contribution in [0.4, 0.5) is 0 Å². The standard InChI is InChI=1S/C16H29NO2S/c1-3-19-16(18)12-7-6-8-13(11-12)17-14-9-4-5-10-15(14)20-2/h12-15,17H,3-11H2,1-2H3. The quantitative estimate of drug-likeness (QED) is 0.790. The zero-order valence-electron chi connectivity index (χ0n) is 12.9. The molecule has 0 aromatic heterocycles. The molecule has 0 radical (unpaired) electrons. The molecule has 4 heteroatoms. The summed E-state index contributed by atoms with van der Waals surface area (Å²) in [4.78, 5) is 11.9. The summed E-state index contributed by atoms with van der Waals surface area (Å²) in [5, 5.41) is 4.61. The lowest BCUT2D eigenvalue weighted by atomic mass is 9.84. The zero-order chi connectivity index (χ0) is 14.4. The van der Waals surface area contributed by atoms with Gasteiger partial charge in [-0.05, 0) is 45.3 Å². The van der Waals surface area contributed by atoms with Crippen molar-refractivity contribution in [2.45, 2.75) is 75.6 Å². The third-order valence-corrected chi connectivity index (χ3v) is 5.92. The molecule has 0 aromatic rings. The van der Waals surface area contributed by atoms with E-state index in [-0.39, 0.29) is 11.9 Å². The van der Waals surface area contributed by atoms with E-state index in [0.29, 0.717) is 18.7 Å². The highest BCUT2D eigenvalue weighted by molar-refractivity contribution is 7.99. The van der Waals surface area contributed by atoms with Crippen molar-refractivity contribution in [2.24, 2.45) is 5.92 Å². The fraction of sp³-hybridized carbons (Fsp3) is 0.938. The van der Waals surface area contributed by atoms with Gasteiger partial charge >= 0.3 is 5.97 Å². The van der Waals surface area contributed by atoms with Crippen LogP contribution in [0.25, 0.3) is 0 Å². The summed E-state index contributed by atoms with van der Waals surface area (Å²) in [5.74, 6) is 0.140. The van der Waals surface area contributed by atoms with Gasteiger partial charge in [0.1, 0.15) is 0 Å². The number of carbonyl (C=O) groups is 1. The van der Waals surface area contributed by atoms with Crippen molar-refractivity contribution in [2.75, 3.05) is 12.9 Å². The van der Waals surface area contributed by atoms with Gasteiger partial charge in [0, 0.05) is 17.3 Å². The lowest BCUT2D eigenvalue weighted by Gasteiger charge is -2.37. The second-order valence-corrected chi connectivity index (χ2v) is 7.22. The number of rotatable bonds is 5. The predicted molar refractivity (Wildman–Crippen MR) is 85.1 cm³/mol. The summed E-state index contributed by atoms with van der Waals surface area (Å²) in [6, 6.07) is 1.15. The van der Waals surface area contributed by atoms with Gasteiger partial charge in [-0.15, -0.1) is 0 Å².